The van der Waals surface area contributed by atoms with Crippen LogP contribution < -0.4 is 5.32 Å². The number of para-hydroxylation sites is 2. The molecule has 0 aliphatic rings. The summed E-state index contributed by atoms with van der Waals surface area (Å²) in [7, 11) is 0. The van der Waals surface area contributed by atoms with Crippen LogP contribution in [-0.4, -0.2) is 21.1 Å². The van der Waals surface area contributed by atoms with E-state index in [1.807, 2.05) is 37.3 Å². The Labute approximate surface area is 136 Å². The van der Waals surface area contributed by atoms with Gasteiger partial charge in [0, 0.05) is 5.56 Å². The number of nitrogens with one attached hydrogen (secondary N) is 1. The van der Waals surface area contributed by atoms with Crippen molar-refractivity contribution in [2.75, 3.05) is 5.32 Å². The number of benzene rings is 2. The third-order valence-electron chi connectivity index (χ3n) is 3.43. The molecule has 0 unspecified atom stereocenters. The maximum absolute atomic E-state index is 12.2. The minimum atomic E-state index is -0.551. The molecular formula is C17H12N4O3. The molecule has 0 bridgehead atoms. The highest BCUT2D eigenvalue weighted by Gasteiger charge is 2.17. The van der Waals surface area contributed by atoms with Crippen molar-refractivity contribution < 1.29 is 13.6 Å². The monoisotopic (exact) mass is 320 g/mol. The average molecular weight is 320 g/mol. The van der Waals surface area contributed by atoms with Crippen LogP contribution in [0.4, 0.5) is 6.01 Å². The number of amides is 1. The van der Waals surface area contributed by atoms with Gasteiger partial charge in [0.15, 0.2) is 5.58 Å². The summed E-state index contributed by atoms with van der Waals surface area (Å²) in [6.07, 6.45) is 0. The molecule has 1 N–H and O–H groups in total. The Balaban J connectivity index is 1.54. The molecular weight excluding hydrogens is 308 g/mol. The molecule has 0 saturated carbocycles. The van der Waals surface area contributed by atoms with Gasteiger partial charge >= 0.3 is 11.9 Å². The highest BCUT2D eigenvalue weighted by molar-refractivity contribution is 6.01. The largest absolute Gasteiger partial charge is 0.432 e. The molecule has 0 radical (unpaired) electrons. The van der Waals surface area contributed by atoms with Gasteiger partial charge in [-0.15, -0.1) is 5.10 Å². The van der Waals surface area contributed by atoms with Crippen molar-refractivity contribution in [2.24, 2.45) is 0 Å². The molecule has 0 atom stereocenters. The summed E-state index contributed by atoms with van der Waals surface area (Å²) >= 11 is 0. The SMILES string of the molecule is Cc1ccc(-c2nnc(NC(=O)c3nc4ccccc4o3)o2)cc1. The number of aryl methyl sites for hydroxylation is 1. The maximum atomic E-state index is 12.2. The summed E-state index contributed by atoms with van der Waals surface area (Å²) < 4.78 is 10.8. The predicted octanol–water partition coefficient (Wildman–Crippen LogP) is 3.44. The number of hydrogen-bond donors (Lipinski definition) is 1. The molecule has 0 fully saturated rings. The normalized spacial score (nSPS) is 10.9. The van der Waals surface area contributed by atoms with Crippen LogP contribution in [0.1, 0.15) is 16.2 Å². The summed E-state index contributed by atoms with van der Waals surface area (Å²) in [6.45, 7) is 1.99. The van der Waals surface area contributed by atoms with Crippen LogP contribution >= 0.6 is 0 Å². The van der Waals surface area contributed by atoms with Crippen molar-refractivity contribution >= 4 is 23.0 Å². The Morgan fingerprint density at radius 3 is 2.58 bits per heavy atom. The molecule has 7 nitrogen and oxygen atoms in total. The van der Waals surface area contributed by atoms with Crippen LogP contribution in [0.3, 0.4) is 0 Å². The Hall–Kier alpha value is -3.48. The van der Waals surface area contributed by atoms with Crippen molar-refractivity contribution in [3.05, 3.63) is 60.0 Å². The molecule has 118 valence electrons. The predicted molar refractivity (Wildman–Crippen MR) is 86.4 cm³/mol. The first-order chi connectivity index (χ1) is 11.7. The first kappa shape index (κ1) is 14.1. The van der Waals surface area contributed by atoms with Gasteiger partial charge < -0.3 is 8.83 Å². The number of carbonyl (C=O) groups is 1. The van der Waals surface area contributed by atoms with Crippen molar-refractivity contribution in [1.29, 1.82) is 0 Å². The lowest BCUT2D eigenvalue weighted by Crippen LogP contribution is -2.12. The molecule has 2 aromatic heterocycles. The number of nitrogens with zero attached hydrogens (tertiary/aromatic N) is 3. The average Bonchev–Trinajstić information content (AvgIpc) is 3.22. The second kappa shape index (κ2) is 5.62. The van der Waals surface area contributed by atoms with Crippen molar-refractivity contribution in [1.82, 2.24) is 15.2 Å². The van der Waals surface area contributed by atoms with Crippen LogP contribution in [0.2, 0.25) is 0 Å². The Bertz CT molecular complexity index is 985. The van der Waals surface area contributed by atoms with Gasteiger partial charge in [0.2, 0.25) is 5.89 Å². The molecule has 0 saturated heterocycles. The summed E-state index contributed by atoms with van der Waals surface area (Å²) in [5.74, 6) is -0.292. The molecule has 4 rings (SSSR count). The lowest BCUT2D eigenvalue weighted by atomic mass is 10.1. The van der Waals surface area contributed by atoms with Crippen LogP contribution in [0.5, 0.6) is 0 Å². The lowest BCUT2D eigenvalue weighted by molar-refractivity contribution is 0.0989. The first-order valence-corrected chi connectivity index (χ1v) is 7.26. The molecule has 24 heavy (non-hydrogen) atoms. The second-order valence-corrected chi connectivity index (χ2v) is 5.22. The van der Waals surface area contributed by atoms with E-state index in [0.29, 0.717) is 17.0 Å². The van der Waals surface area contributed by atoms with Crippen molar-refractivity contribution in [3.63, 3.8) is 0 Å². The van der Waals surface area contributed by atoms with E-state index in [1.165, 1.54) is 0 Å². The van der Waals surface area contributed by atoms with Crippen LogP contribution in [0, 0.1) is 6.92 Å². The molecule has 1 amide bonds. The molecule has 0 aliphatic carbocycles. The number of fused-ring (bicyclic) bond motifs is 1. The Morgan fingerprint density at radius 1 is 1.00 bits per heavy atom. The van der Waals surface area contributed by atoms with Crippen LogP contribution in [0.15, 0.2) is 57.4 Å². The third kappa shape index (κ3) is 2.63. The van der Waals surface area contributed by atoms with Gasteiger partial charge in [-0.3, -0.25) is 10.1 Å². The van der Waals surface area contributed by atoms with Gasteiger partial charge in [0.1, 0.15) is 5.52 Å². The second-order valence-electron chi connectivity index (χ2n) is 5.22. The van der Waals surface area contributed by atoms with E-state index in [2.05, 4.69) is 20.5 Å². The summed E-state index contributed by atoms with van der Waals surface area (Å²) in [4.78, 5) is 16.3. The molecule has 0 spiro atoms. The Morgan fingerprint density at radius 2 is 1.79 bits per heavy atom. The highest BCUT2D eigenvalue weighted by atomic mass is 16.4. The smallest absolute Gasteiger partial charge is 0.322 e. The van der Waals surface area contributed by atoms with Crippen LogP contribution in [0.25, 0.3) is 22.6 Å². The molecule has 2 aromatic carbocycles. The number of anilines is 1. The highest BCUT2D eigenvalue weighted by Crippen LogP contribution is 2.21. The number of aromatic nitrogens is 3. The first-order valence-electron chi connectivity index (χ1n) is 7.26. The zero-order valence-electron chi connectivity index (χ0n) is 12.7. The topological polar surface area (TPSA) is 94.1 Å². The fraction of sp³-hybridized carbons (Fsp3) is 0.0588. The van der Waals surface area contributed by atoms with E-state index in [4.69, 9.17) is 8.83 Å². The number of hydrogen-bond acceptors (Lipinski definition) is 6. The van der Waals surface area contributed by atoms with Gasteiger partial charge in [-0.05, 0) is 31.2 Å². The molecule has 0 aliphatic heterocycles. The molecule has 7 heteroatoms. The van der Waals surface area contributed by atoms with Crippen molar-refractivity contribution in [3.8, 4) is 11.5 Å². The summed E-state index contributed by atoms with van der Waals surface area (Å²) in [5.41, 5.74) is 3.04. The minimum absolute atomic E-state index is 0.0159. The Kier molecular flexibility index (Phi) is 3.31. The summed E-state index contributed by atoms with van der Waals surface area (Å²) in [5, 5.41) is 10.2. The molecule has 4 aromatic rings. The standard InChI is InChI=1S/C17H12N4O3/c1-10-6-8-11(9-7-10)15-20-21-17(24-15)19-14(22)16-18-12-4-2-3-5-13(12)23-16/h2-9H,1H3,(H,19,21,22). The maximum Gasteiger partial charge on any atom is 0.322 e. The van der Waals surface area contributed by atoms with Gasteiger partial charge in [0.25, 0.3) is 5.89 Å². The van der Waals surface area contributed by atoms with E-state index in [-0.39, 0.29) is 11.9 Å². The number of rotatable bonds is 3. The quantitative estimate of drug-likeness (QED) is 0.621. The number of carbonyl (C=O) groups excluding carboxylic acids is 1. The lowest BCUT2D eigenvalue weighted by Gasteiger charge is -1.96. The van der Waals surface area contributed by atoms with Gasteiger partial charge in [-0.25, -0.2) is 4.98 Å². The zero-order chi connectivity index (χ0) is 16.5. The van der Waals surface area contributed by atoms with Gasteiger partial charge in [-0.1, -0.05) is 34.9 Å². The zero-order valence-corrected chi connectivity index (χ0v) is 12.7. The number of oxazole rings is 1. The van der Waals surface area contributed by atoms with E-state index in [9.17, 15) is 4.79 Å². The van der Waals surface area contributed by atoms with E-state index in [0.717, 1.165) is 11.1 Å². The van der Waals surface area contributed by atoms with E-state index in [1.54, 1.807) is 18.2 Å². The van der Waals surface area contributed by atoms with E-state index < -0.39 is 5.91 Å². The summed E-state index contributed by atoms with van der Waals surface area (Å²) in [6, 6.07) is 14.7. The van der Waals surface area contributed by atoms with Gasteiger partial charge in [0.05, 0.1) is 0 Å². The fourth-order valence-electron chi connectivity index (χ4n) is 2.21. The third-order valence-corrected chi connectivity index (χ3v) is 3.43. The van der Waals surface area contributed by atoms with Gasteiger partial charge in [-0.2, -0.15) is 0 Å². The van der Waals surface area contributed by atoms with Crippen molar-refractivity contribution in [2.45, 2.75) is 6.92 Å². The fourth-order valence-corrected chi connectivity index (χ4v) is 2.21. The van der Waals surface area contributed by atoms with E-state index >= 15 is 0 Å². The minimum Gasteiger partial charge on any atom is -0.432 e. The van der Waals surface area contributed by atoms with Crippen LogP contribution in [-0.2, 0) is 0 Å². The molecule has 2 heterocycles.